The molecule has 104 valence electrons. The first-order valence-corrected chi connectivity index (χ1v) is 7.40. The molecule has 18 heavy (non-hydrogen) atoms. The van der Waals surface area contributed by atoms with Crippen LogP contribution in [0, 0.1) is 0 Å². The summed E-state index contributed by atoms with van der Waals surface area (Å²) >= 11 is 1.66. The number of nitrogens with zero attached hydrogens (tertiary/aromatic N) is 3. The Kier molecular flexibility index (Phi) is 6.21. The number of rotatable bonds is 7. The van der Waals surface area contributed by atoms with E-state index in [4.69, 9.17) is 5.73 Å². The highest BCUT2D eigenvalue weighted by Gasteiger charge is 2.15. The van der Waals surface area contributed by atoms with E-state index in [1.165, 1.54) is 0 Å². The minimum absolute atomic E-state index is 0.0398. The lowest BCUT2D eigenvalue weighted by molar-refractivity contribution is 0.172. The molecular weight excluding hydrogens is 244 g/mol. The van der Waals surface area contributed by atoms with Gasteiger partial charge in [0.1, 0.15) is 5.01 Å². The van der Waals surface area contributed by atoms with Gasteiger partial charge in [0, 0.05) is 24.5 Å². The first-order chi connectivity index (χ1) is 8.43. The first kappa shape index (κ1) is 15.6. The van der Waals surface area contributed by atoms with E-state index in [2.05, 4.69) is 48.1 Å². The van der Waals surface area contributed by atoms with Gasteiger partial charge in [0.15, 0.2) is 0 Å². The van der Waals surface area contributed by atoms with Crippen molar-refractivity contribution >= 4 is 11.3 Å². The summed E-state index contributed by atoms with van der Waals surface area (Å²) in [5.74, 6) is 0. The summed E-state index contributed by atoms with van der Waals surface area (Å²) in [7, 11) is 4.22. The fourth-order valence-electron chi connectivity index (χ4n) is 2.04. The maximum absolute atomic E-state index is 5.84. The lowest BCUT2D eigenvalue weighted by Crippen LogP contribution is -2.39. The molecular formula is C13H26N4S. The smallest absolute Gasteiger partial charge is 0.109 e. The summed E-state index contributed by atoms with van der Waals surface area (Å²) in [6.07, 6.45) is 0. The molecule has 2 N–H and O–H groups in total. The molecule has 0 bridgehead atoms. The first-order valence-electron chi connectivity index (χ1n) is 6.52. The van der Waals surface area contributed by atoms with Gasteiger partial charge in [0.25, 0.3) is 0 Å². The molecule has 0 spiro atoms. The molecule has 0 radical (unpaired) electrons. The Morgan fingerprint density at radius 1 is 1.39 bits per heavy atom. The van der Waals surface area contributed by atoms with Crippen molar-refractivity contribution in [3.63, 3.8) is 0 Å². The topological polar surface area (TPSA) is 45.4 Å². The van der Waals surface area contributed by atoms with Gasteiger partial charge >= 0.3 is 0 Å². The second kappa shape index (κ2) is 7.19. The highest BCUT2D eigenvalue weighted by molar-refractivity contribution is 7.09. The van der Waals surface area contributed by atoms with Crippen molar-refractivity contribution in [3.8, 4) is 0 Å². The van der Waals surface area contributed by atoms with Gasteiger partial charge in [-0.3, -0.25) is 4.90 Å². The number of hydrogen-bond donors (Lipinski definition) is 1. The van der Waals surface area contributed by atoms with Crippen LogP contribution in [0.2, 0.25) is 0 Å². The van der Waals surface area contributed by atoms with E-state index >= 15 is 0 Å². The minimum Gasteiger partial charge on any atom is -0.322 e. The van der Waals surface area contributed by atoms with E-state index in [0.29, 0.717) is 6.04 Å². The Bertz CT molecular complexity index is 349. The third kappa shape index (κ3) is 4.65. The number of thiazole rings is 1. The standard InChI is InChI=1S/C13H26N4S/c1-6-17(10(2)7-16(4)5)8-12-9-18-13(15-12)11(3)14/h9-11H,6-8,14H2,1-5H3. The maximum Gasteiger partial charge on any atom is 0.109 e. The monoisotopic (exact) mass is 270 g/mol. The minimum atomic E-state index is 0.0398. The average Bonchev–Trinajstić information content (AvgIpc) is 2.73. The van der Waals surface area contributed by atoms with Gasteiger partial charge in [0.05, 0.1) is 11.7 Å². The molecule has 0 aliphatic rings. The molecule has 0 amide bonds. The number of hydrogen-bond acceptors (Lipinski definition) is 5. The van der Waals surface area contributed by atoms with Crippen LogP contribution in [-0.2, 0) is 6.54 Å². The molecule has 0 aliphatic carbocycles. The van der Waals surface area contributed by atoms with Gasteiger partial charge in [-0.1, -0.05) is 6.92 Å². The van der Waals surface area contributed by atoms with Crippen LogP contribution in [0.25, 0.3) is 0 Å². The van der Waals surface area contributed by atoms with Gasteiger partial charge in [0.2, 0.25) is 0 Å². The van der Waals surface area contributed by atoms with Crippen molar-refractivity contribution in [1.82, 2.24) is 14.8 Å². The molecule has 1 heterocycles. The summed E-state index contributed by atoms with van der Waals surface area (Å²) in [6, 6.07) is 0.573. The molecule has 2 atom stereocenters. The quantitative estimate of drug-likeness (QED) is 0.822. The molecule has 4 nitrogen and oxygen atoms in total. The molecule has 1 aromatic rings. The van der Waals surface area contributed by atoms with Crippen molar-refractivity contribution in [3.05, 3.63) is 16.1 Å². The number of likely N-dealkylation sites (N-methyl/N-ethyl adjacent to an activating group) is 2. The van der Waals surface area contributed by atoms with Crippen molar-refractivity contribution in [2.45, 2.75) is 39.4 Å². The van der Waals surface area contributed by atoms with Crippen molar-refractivity contribution < 1.29 is 0 Å². The van der Waals surface area contributed by atoms with Crippen LogP contribution in [0.15, 0.2) is 5.38 Å². The largest absolute Gasteiger partial charge is 0.322 e. The fraction of sp³-hybridized carbons (Fsp3) is 0.769. The molecule has 0 saturated heterocycles. The zero-order valence-corrected chi connectivity index (χ0v) is 13.0. The highest BCUT2D eigenvalue weighted by atomic mass is 32.1. The summed E-state index contributed by atoms with van der Waals surface area (Å²) in [6.45, 7) is 9.47. The average molecular weight is 270 g/mol. The van der Waals surface area contributed by atoms with Crippen LogP contribution in [0.5, 0.6) is 0 Å². The summed E-state index contributed by atoms with van der Waals surface area (Å²) in [4.78, 5) is 9.27. The third-order valence-corrected chi connectivity index (χ3v) is 4.08. The molecule has 2 unspecified atom stereocenters. The van der Waals surface area contributed by atoms with Crippen molar-refractivity contribution in [2.24, 2.45) is 5.73 Å². The summed E-state index contributed by atoms with van der Waals surface area (Å²) in [5.41, 5.74) is 6.98. The van der Waals surface area contributed by atoms with Gasteiger partial charge < -0.3 is 10.6 Å². The van der Waals surface area contributed by atoms with Gasteiger partial charge in [-0.25, -0.2) is 4.98 Å². The van der Waals surface area contributed by atoms with Crippen LogP contribution >= 0.6 is 11.3 Å². The lowest BCUT2D eigenvalue weighted by Gasteiger charge is -2.29. The van der Waals surface area contributed by atoms with E-state index < -0.39 is 0 Å². The van der Waals surface area contributed by atoms with E-state index in [9.17, 15) is 0 Å². The van der Waals surface area contributed by atoms with Crippen molar-refractivity contribution in [1.29, 1.82) is 0 Å². The zero-order chi connectivity index (χ0) is 13.7. The van der Waals surface area contributed by atoms with Gasteiger partial charge in [-0.05, 0) is 34.5 Å². The summed E-state index contributed by atoms with van der Waals surface area (Å²) < 4.78 is 0. The molecule has 0 aromatic carbocycles. The predicted molar refractivity (Wildman–Crippen MR) is 78.8 cm³/mol. The maximum atomic E-state index is 5.84. The SMILES string of the molecule is CCN(Cc1csc(C(C)N)n1)C(C)CN(C)C. The van der Waals surface area contributed by atoms with Crippen LogP contribution in [0.3, 0.4) is 0 Å². The predicted octanol–water partition coefficient (Wildman–Crippen LogP) is 1.93. The third-order valence-electron chi connectivity index (χ3n) is 2.98. The van der Waals surface area contributed by atoms with Gasteiger partial charge in [-0.2, -0.15) is 0 Å². The number of nitrogens with two attached hydrogens (primary N) is 1. The second-order valence-corrected chi connectivity index (χ2v) is 6.03. The molecule has 5 heteroatoms. The molecule has 1 aromatic heterocycles. The van der Waals surface area contributed by atoms with Crippen LogP contribution in [-0.4, -0.2) is 48.0 Å². The van der Waals surface area contributed by atoms with E-state index in [-0.39, 0.29) is 6.04 Å². The van der Waals surface area contributed by atoms with Gasteiger partial charge in [-0.15, -0.1) is 11.3 Å². The molecule has 0 fully saturated rings. The number of aromatic nitrogens is 1. The Morgan fingerprint density at radius 2 is 2.06 bits per heavy atom. The molecule has 1 rings (SSSR count). The zero-order valence-electron chi connectivity index (χ0n) is 12.2. The normalized spacial score (nSPS) is 15.3. The van der Waals surface area contributed by atoms with E-state index in [0.717, 1.165) is 30.3 Å². The van der Waals surface area contributed by atoms with E-state index in [1.54, 1.807) is 11.3 Å². The van der Waals surface area contributed by atoms with Crippen molar-refractivity contribution in [2.75, 3.05) is 27.2 Å². The summed E-state index contributed by atoms with van der Waals surface area (Å²) in [5, 5.41) is 3.16. The second-order valence-electron chi connectivity index (χ2n) is 5.14. The molecule has 0 saturated carbocycles. The Morgan fingerprint density at radius 3 is 2.50 bits per heavy atom. The fourth-order valence-corrected chi connectivity index (χ4v) is 2.80. The highest BCUT2D eigenvalue weighted by Crippen LogP contribution is 2.17. The lowest BCUT2D eigenvalue weighted by atomic mass is 10.2. The van der Waals surface area contributed by atoms with E-state index in [1.807, 2.05) is 6.92 Å². The Hall–Kier alpha value is -0.490. The Balaban J connectivity index is 2.61. The van der Waals surface area contributed by atoms with Crippen LogP contribution in [0.1, 0.15) is 37.5 Å². The van der Waals surface area contributed by atoms with Crippen LogP contribution < -0.4 is 5.73 Å². The van der Waals surface area contributed by atoms with Crippen LogP contribution in [0.4, 0.5) is 0 Å². The Labute approximate surface area is 115 Å². The molecule has 0 aliphatic heterocycles.